The standard InChI is InChI=1S/C18H14N4O3S2/c1-10-5-4-8-13-15(10)20-17(27-13)19-14(24)9-26-18-22-21-16(25-18)11-6-2-3-7-12(11)23/h2-8,23H,9H2,1H3,(H,19,20,24). The number of aromatic nitrogens is 3. The van der Waals surface area contributed by atoms with Gasteiger partial charge in [0.2, 0.25) is 5.91 Å². The third-order valence-corrected chi connectivity index (χ3v) is 5.49. The van der Waals surface area contributed by atoms with Gasteiger partial charge in [-0.2, -0.15) is 0 Å². The van der Waals surface area contributed by atoms with Crippen LogP contribution >= 0.6 is 23.1 Å². The van der Waals surface area contributed by atoms with Gasteiger partial charge in [0.15, 0.2) is 5.13 Å². The zero-order valence-corrected chi connectivity index (χ0v) is 15.8. The van der Waals surface area contributed by atoms with E-state index in [-0.39, 0.29) is 28.5 Å². The van der Waals surface area contributed by atoms with Gasteiger partial charge in [-0.1, -0.05) is 47.4 Å². The number of phenolic OH excluding ortho intramolecular Hbond substituents is 1. The highest BCUT2D eigenvalue weighted by atomic mass is 32.2. The molecule has 0 fully saturated rings. The van der Waals surface area contributed by atoms with Gasteiger partial charge in [0.25, 0.3) is 11.1 Å². The van der Waals surface area contributed by atoms with Crippen LogP contribution in [-0.2, 0) is 4.79 Å². The number of para-hydroxylation sites is 2. The van der Waals surface area contributed by atoms with Crippen molar-refractivity contribution in [3.63, 3.8) is 0 Å². The first-order valence-electron chi connectivity index (χ1n) is 8.01. The second kappa shape index (κ2) is 7.37. The van der Waals surface area contributed by atoms with Crippen molar-refractivity contribution in [1.29, 1.82) is 0 Å². The zero-order chi connectivity index (χ0) is 18.8. The maximum atomic E-state index is 12.2. The second-order valence-electron chi connectivity index (χ2n) is 5.67. The summed E-state index contributed by atoms with van der Waals surface area (Å²) in [4.78, 5) is 16.6. The molecule has 136 valence electrons. The van der Waals surface area contributed by atoms with Crippen LogP contribution in [0.25, 0.3) is 21.7 Å². The number of hydrogen-bond acceptors (Lipinski definition) is 8. The van der Waals surface area contributed by atoms with E-state index in [9.17, 15) is 9.90 Å². The molecule has 0 radical (unpaired) electrons. The molecule has 2 aromatic carbocycles. The van der Waals surface area contributed by atoms with Crippen molar-refractivity contribution in [2.45, 2.75) is 12.1 Å². The Morgan fingerprint density at radius 1 is 1.22 bits per heavy atom. The summed E-state index contributed by atoms with van der Waals surface area (Å²) in [6, 6.07) is 12.6. The quantitative estimate of drug-likeness (QED) is 0.488. The van der Waals surface area contributed by atoms with Crippen molar-refractivity contribution in [1.82, 2.24) is 15.2 Å². The molecule has 0 bridgehead atoms. The van der Waals surface area contributed by atoms with Crippen LogP contribution in [-0.4, -0.2) is 31.9 Å². The Morgan fingerprint density at radius 2 is 2.07 bits per heavy atom. The van der Waals surface area contributed by atoms with Crippen molar-refractivity contribution in [2.24, 2.45) is 0 Å². The van der Waals surface area contributed by atoms with Crippen LogP contribution in [0.15, 0.2) is 52.1 Å². The molecule has 0 aliphatic rings. The van der Waals surface area contributed by atoms with Gasteiger partial charge in [-0.3, -0.25) is 4.79 Å². The van der Waals surface area contributed by atoms with E-state index in [0.29, 0.717) is 10.7 Å². The Morgan fingerprint density at radius 3 is 2.89 bits per heavy atom. The first-order chi connectivity index (χ1) is 13.1. The van der Waals surface area contributed by atoms with E-state index < -0.39 is 0 Å². The molecule has 0 unspecified atom stereocenters. The molecule has 0 aliphatic carbocycles. The molecule has 4 aromatic rings. The van der Waals surface area contributed by atoms with Crippen molar-refractivity contribution >= 4 is 44.4 Å². The molecule has 0 saturated carbocycles. The molecule has 4 rings (SSSR count). The predicted octanol–water partition coefficient (Wildman–Crippen LogP) is 4.09. The summed E-state index contributed by atoms with van der Waals surface area (Å²) in [5.41, 5.74) is 2.42. The SMILES string of the molecule is Cc1cccc2sc(NC(=O)CSc3nnc(-c4ccccc4O)o3)nc12. The lowest BCUT2D eigenvalue weighted by atomic mass is 10.2. The van der Waals surface area contributed by atoms with Gasteiger partial charge < -0.3 is 14.8 Å². The number of rotatable bonds is 5. The Balaban J connectivity index is 1.39. The maximum absolute atomic E-state index is 12.2. The number of fused-ring (bicyclic) bond motifs is 1. The molecular weight excluding hydrogens is 384 g/mol. The fraction of sp³-hybridized carbons (Fsp3) is 0.111. The van der Waals surface area contributed by atoms with E-state index in [4.69, 9.17) is 4.42 Å². The highest BCUT2D eigenvalue weighted by Gasteiger charge is 2.14. The highest BCUT2D eigenvalue weighted by molar-refractivity contribution is 7.99. The number of aromatic hydroxyl groups is 1. The van der Waals surface area contributed by atoms with E-state index in [0.717, 1.165) is 27.5 Å². The smallest absolute Gasteiger partial charge is 0.277 e. The summed E-state index contributed by atoms with van der Waals surface area (Å²) in [7, 11) is 0. The number of carbonyl (C=O) groups is 1. The minimum atomic E-state index is -0.209. The molecular formula is C18H14N4O3S2. The fourth-order valence-corrected chi connectivity index (χ4v) is 3.98. The van der Waals surface area contributed by atoms with E-state index in [1.807, 2.05) is 25.1 Å². The molecule has 27 heavy (non-hydrogen) atoms. The van der Waals surface area contributed by atoms with Gasteiger partial charge in [0.05, 0.1) is 21.5 Å². The number of nitrogens with zero attached hydrogens (tertiary/aromatic N) is 3. The summed E-state index contributed by atoms with van der Waals surface area (Å²) < 4.78 is 6.53. The predicted molar refractivity (Wildman–Crippen MR) is 105 cm³/mol. The van der Waals surface area contributed by atoms with E-state index >= 15 is 0 Å². The zero-order valence-electron chi connectivity index (χ0n) is 14.2. The van der Waals surface area contributed by atoms with Gasteiger partial charge in [0, 0.05) is 0 Å². The number of thiazole rings is 1. The second-order valence-corrected chi connectivity index (χ2v) is 7.63. The van der Waals surface area contributed by atoms with Crippen molar-refractivity contribution in [3.8, 4) is 17.2 Å². The molecule has 1 amide bonds. The van der Waals surface area contributed by atoms with Crippen LogP contribution in [0.4, 0.5) is 5.13 Å². The van der Waals surface area contributed by atoms with Crippen molar-refractivity contribution in [3.05, 3.63) is 48.0 Å². The fourth-order valence-electron chi connectivity index (χ4n) is 2.45. The first kappa shape index (κ1) is 17.5. The minimum absolute atomic E-state index is 0.0570. The molecule has 2 N–H and O–H groups in total. The maximum Gasteiger partial charge on any atom is 0.277 e. The van der Waals surface area contributed by atoms with Crippen molar-refractivity contribution < 1.29 is 14.3 Å². The minimum Gasteiger partial charge on any atom is -0.507 e. The average molecular weight is 398 g/mol. The average Bonchev–Trinajstić information content (AvgIpc) is 3.28. The van der Waals surface area contributed by atoms with Crippen LogP contribution in [0.5, 0.6) is 5.75 Å². The largest absolute Gasteiger partial charge is 0.507 e. The lowest BCUT2D eigenvalue weighted by molar-refractivity contribution is -0.113. The van der Waals surface area contributed by atoms with Crippen LogP contribution in [0, 0.1) is 6.92 Å². The van der Waals surface area contributed by atoms with Gasteiger partial charge in [-0.25, -0.2) is 4.98 Å². The lowest BCUT2D eigenvalue weighted by Gasteiger charge is -1.99. The number of nitrogens with one attached hydrogen (secondary N) is 1. The molecule has 0 aliphatic heterocycles. The number of amides is 1. The third kappa shape index (κ3) is 3.79. The highest BCUT2D eigenvalue weighted by Crippen LogP contribution is 2.30. The third-order valence-electron chi connectivity index (χ3n) is 3.73. The van der Waals surface area contributed by atoms with Gasteiger partial charge >= 0.3 is 0 Å². The number of thioether (sulfide) groups is 1. The lowest BCUT2D eigenvalue weighted by Crippen LogP contribution is -2.13. The summed E-state index contributed by atoms with van der Waals surface area (Å²) in [5.74, 6) is 0.162. The van der Waals surface area contributed by atoms with Crippen molar-refractivity contribution in [2.75, 3.05) is 11.1 Å². The number of phenols is 1. The summed E-state index contributed by atoms with van der Waals surface area (Å²) in [6.45, 7) is 1.99. The molecule has 0 atom stereocenters. The van der Waals surface area contributed by atoms with E-state index in [1.54, 1.807) is 24.3 Å². The summed E-state index contributed by atoms with van der Waals surface area (Å²) >= 11 is 2.55. The van der Waals surface area contributed by atoms with Gasteiger partial charge in [0.1, 0.15) is 5.75 Å². The number of anilines is 1. The van der Waals surface area contributed by atoms with Gasteiger partial charge in [-0.05, 0) is 30.7 Å². The van der Waals surface area contributed by atoms with E-state index in [1.165, 1.54) is 11.3 Å². The molecule has 0 saturated heterocycles. The molecule has 2 aromatic heterocycles. The summed E-state index contributed by atoms with van der Waals surface area (Å²) in [6.07, 6.45) is 0. The number of aryl methyl sites for hydroxylation is 1. The van der Waals surface area contributed by atoms with Gasteiger partial charge in [-0.15, -0.1) is 10.2 Å². The monoisotopic (exact) mass is 398 g/mol. The molecule has 0 spiro atoms. The Hall–Kier alpha value is -2.91. The molecule has 9 heteroatoms. The van der Waals surface area contributed by atoms with E-state index in [2.05, 4.69) is 20.5 Å². The van der Waals surface area contributed by atoms with Crippen LogP contribution in [0.2, 0.25) is 0 Å². The Labute approximate surface area is 162 Å². The first-order valence-corrected chi connectivity index (χ1v) is 9.81. The molecule has 2 heterocycles. The Bertz CT molecular complexity index is 1120. The molecule has 7 nitrogen and oxygen atoms in total. The number of benzene rings is 2. The van der Waals surface area contributed by atoms with Crippen LogP contribution in [0.3, 0.4) is 0 Å². The number of carbonyl (C=O) groups excluding carboxylic acids is 1. The Kier molecular flexibility index (Phi) is 4.78. The number of hydrogen-bond donors (Lipinski definition) is 2. The normalized spacial score (nSPS) is 11.0. The topological polar surface area (TPSA) is 101 Å². The summed E-state index contributed by atoms with van der Waals surface area (Å²) in [5, 5.41) is 21.2. The van der Waals surface area contributed by atoms with Crippen LogP contribution in [0.1, 0.15) is 5.56 Å². The van der Waals surface area contributed by atoms with Crippen LogP contribution < -0.4 is 5.32 Å².